The number of aromatic carboxylic acids is 1. The molecule has 2 fully saturated rings. The van der Waals surface area contributed by atoms with Gasteiger partial charge in [0.05, 0.1) is 28.9 Å². The predicted molar refractivity (Wildman–Crippen MR) is 125 cm³/mol. The van der Waals surface area contributed by atoms with Crippen LogP contribution >= 0.6 is 0 Å². The number of fused-ring (bicyclic) bond motifs is 4. The minimum Gasteiger partial charge on any atom is -0.506 e. The topological polar surface area (TPSA) is 221 Å². The van der Waals surface area contributed by atoms with Crippen molar-refractivity contribution in [2.75, 3.05) is 20.3 Å². The molecule has 7 N–H and O–H groups in total. The van der Waals surface area contributed by atoms with E-state index in [0.29, 0.717) is 12.2 Å². The molecule has 3 heterocycles. The highest BCUT2D eigenvalue weighted by atomic mass is 16.6. The van der Waals surface area contributed by atoms with Gasteiger partial charge in [0, 0.05) is 30.8 Å². The normalized spacial score (nSPS) is 27.2. The monoisotopic (exact) mass is 514 g/mol. The molecule has 1 aliphatic carbocycles. The van der Waals surface area contributed by atoms with Crippen LogP contribution in [0.15, 0.2) is 40.7 Å². The van der Waals surface area contributed by atoms with E-state index >= 15 is 0 Å². The van der Waals surface area contributed by atoms with E-state index in [4.69, 9.17) is 26.0 Å². The van der Waals surface area contributed by atoms with E-state index in [-0.39, 0.29) is 58.2 Å². The SMILES string of the molecule is CC(=O)c1cccc(C(=O)O)c1O.CO[C@@]12[C@H](COC(N)=O)C3=C(C(=O)C(C)=C(N)C3=O)N1C[C@@H]1N[C@@H]12. The second-order valence-electron chi connectivity index (χ2n) is 9.02. The molecule has 0 saturated carbocycles. The van der Waals surface area contributed by atoms with E-state index < -0.39 is 35.2 Å². The molecule has 5 rings (SSSR count). The summed E-state index contributed by atoms with van der Waals surface area (Å²) in [6.07, 6.45) is -0.950. The van der Waals surface area contributed by atoms with Crippen molar-refractivity contribution in [3.63, 3.8) is 0 Å². The molecule has 196 valence electrons. The summed E-state index contributed by atoms with van der Waals surface area (Å²) in [7, 11) is 1.52. The van der Waals surface area contributed by atoms with Crippen molar-refractivity contribution in [3.8, 4) is 5.75 Å². The number of carboxylic acid groups (broad SMARTS) is 1. The van der Waals surface area contributed by atoms with E-state index in [2.05, 4.69) is 5.32 Å². The molecule has 0 radical (unpaired) electrons. The van der Waals surface area contributed by atoms with Gasteiger partial charge in [-0.3, -0.25) is 14.4 Å². The maximum Gasteiger partial charge on any atom is 0.404 e. The van der Waals surface area contributed by atoms with Crippen molar-refractivity contribution < 1.29 is 43.7 Å². The smallest absolute Gasteiger partial charge is 0.404 e. The molecule has 0 spiro atoms. The van der Waals surface area contributed by atoms with Gasteiger partial charge in [0.25, 0.3) is 0 Å². The lowest BCUT2D eigenvalue weighted by Gasteiger charge is -2.39. The van der Waals surface area contributed by atoms with Gasteiger partial charge in [-0.1, -0.05) is 6.07 Å². The van der Waals surface area contributed by atoms with E-state index in [0.717, 1.165) is 0 Å². The van der Waals surface area contributed by atoms with Crippen LogP contribution in [0.1, 0.15) is 34.6 Å². The number of nitrogens with one attached hydrogen (secondary N) is 1. The van der Waals surface area contributed by atoms with Crippen LogP contribution in [0.2, 0.25) is 0 Å². The lowest BCUT2D eigenvalue weighted by Crippen LogP contribution is -2.55. The molecular formula is C24H26N4O9. The Bertz CT molecular complexity index is 1280. The third-order valence-electron chi connectivity index (χ3n) is 7.12. The molecule has 0 bridgehead atoms. The second-order valence-corrected chi connectivity index (χ2v) is 9.02. The molecule has 1 amide bonds. The molecule has 13 heteroatoms. The summed E-state index contributed by atoms with van der Waals surface area (Å²) in [4.78, 5) is 59.8. The number of benzene rings is 1. The summed E-state index contributed by atoms with van der Waals surface area (Å²) < 4.78 is 10.8. The van der Waals surface area contributed by atoms with Crippen LogP contribution in [0.25, 0.3) is 0 Å². The number of phenols is 1. The zero-order valence-corrected chi connectivity index (χ0v) is 20.2. The predicted octanol–water partition coefficient (Wildman–Crippen LogP) is -0.358. The number of piperazine rings is 1. The van der Waals surface area contributed by atoms with Crippen LogP contribution in [-0.2, 0) is 19.1 Å². The first-order chi connectivity index (χ1) is 17.4. The number of allylic oxidation sites excluding steroid dienone is 2. The first-order valence-corrected chi connectivity index (χ1v) is 11.3. The highest BCUT2D eigenvalue weighted by Gasteiger charge is 2.72. The fourth-order valence-corrected chi connectivity index (χ4v) is 5.31. The van der Waals surface area contributed by atoms with Gasteiger partial charge < -0.3 is 41.4 Å². The third kappa shape index (κ3) is 3.83. The molecule has 2 saturated heterocycles. The highest BCUT2D eigenvalue weighted by molar-refractivity contribution is 6.25. The largest absolute Gasteiger partial charge is 0.506 e. The van der Waals surface area contributed by atoms with Crippen molar-refractivity contribution in [2.45, 2.75) is 31.7 Å². The third-order valence-corrected chi connectivity index (χ3v) is 7.12. The van der Waals surface area contributed by atoms with Gasteiger partial charge in [-0.2, -0.15) is 0 Å². The first kappa shape index (κ1) is 25.9. The number of amides is 1. The Labute approximate surface area is 210 Å². The Morgan fingerprint density at radius 2 is 1.86 bits per heavy atom. The van der Waals surface area contributed by atoms with Crippen molar-refractivity contribution in [2.24, 2.45) is 17.4 Å². The zero-order valence-electron chi connectivity index (χ0n) is 20.2. The number of nitrogens with two attached hydrogens (primary N) is 2. The van der Waals surface area contributed by atoms with Crippen LogP contribution < -0.4 is 16.8 Å². The summed E-state index contributed by atoms with van der Waals surface area (Å²) in [5.74, 6) is -3.42. The molecule has 4 aliphatic rings. The number of Topliss-reactive ketones (excluding diaryl/α,β-unsaturated/α-hetero) is 3. The van der Waals surface area contributed by atoms with Crippen molar-refractivity contribution in [1.29, 1.82) is 0 Å². The quantitative estimate of drug-likeness (QED) is 0.193. The number of aromatic hydroxyl groups is 1. The summed E-state index contributed by atoms with van der Waals surface area (Å²) in [5, 5.41) is 21.2. The molecule has 0 unspecified atom stereocenters. The summed E-state index contributed by atoms with van der Waals surface area (Å²) in [6.45, 7) is 3.18. The van der Waals surface area contributed by atoms with E-state index in [1.54, 1.807) is 0 Å². The van der Waals surface area contributed by atoms with Crippen molar-refractivity contribution in [3.05, 3.63) is 51.9 Å². The van der Waals surface area contributed by atoms with Crippen molar-refractivity contribution in [1.82, 2.24) is 10.2 Å². The van der Waals surface area contributed by atoms with E-state index in [1.807, 2.05) is 4.90 Å². The molecule has 1 aromatic carbocycles. The lowest BCUT2D eigenvalue weighted by atomic mass is 9.82. The summed E-state index contributed by atoms with van der Waals surface area (Å²) in [5.41, 5.74) is 10.4. The molecule has 13 nitrogen and oxygen atoms in total. The molecular weight excluding hydrogens is 488 g/mol. The maximum atomic E-state index is 12.8. The van der Waals surface area contributed by atoms with Crippen LogP contribution in [0, 0.1) is 5.92 Å². The zero-order chi connectivity index (χ0) is 27.4. The number of ether oxygens (including phenoxy) is 2. The van der Waals surface area contributed by atoms with Crippen LogP contribution in [0.5, 0.6) is 5.75 Å². The summed E-state index contributed by atoms with van der Waals surface area (Å²) in [6, 6.07) is 4.15. The number of methoxy groups -OCH3 is 1. The Morgan fingerprint density at radius 3 is 2.43 bits per heavy atom. The number of carboxylic acids is 1. The van der Waals surface area contributed by atoms with Crippen molar-refractivity contribution >= 4 is 29.4 Å². The van der Waals surface area contributed by atoms with Gasteiger partial charge in [-0.25, -0.2) is 9.59 Å². The molecule has 4 atom stereocenters. The Hall–Kier alpha value is -4.23. The number of primary amides is 1. The van der Waals surface area contributed by atoms with Gasteiger partial charge in [0.2, 0.25) is 11.6 Å². The van der Waals surface area contributed by atoms with Crippen LogP contribution in [0.4, 0.5) is 4.79 Å². The van der Waals surface area contributed by atoms with Crippen LogP contribution in [0.3, 0.4) is 0 Å². The number of rotatable bonds is 5. The molecule has 37 heavy (non-hydrogen) atoms. The second kappa shape index (κ2) is 9.01. The lowest BCUT2D eigenvalue weighted by molar-refractivity contribution is -0.137. The Morgan fingerprint density at radius 1 is 1.22 bits per heavy atom. The first-order valence-electron chi connectivity index (χ1n) is 11.3. The average Bonchev–Trinajstić information content (AvgIpc) is 3.46. The van der Waals surface area contributed by atoms with Gasteiger partial charge in [-0.05, 0) is 26.0 Å². The van der Waals surface area contributed by atoms with Crippen LogP contribution in [-0.4, -0.2) is 82.6 Å². The average molecular weight is 514 g/mol. The fraction of sp³-hybridized carbons (Fsp3) is 0.375. The number of hydrogen-bond donors (Lipinski definition) is 5. The van der Waals surface area contributed by atoms with E-state index in [1.165, 1.54) is 39.2 Å². The number of nitrogens with zero attached hydrogens (tertiary/aromatic N) is 1. The number of carbonyl (C=O) groups is 5. The van der Waals surface area contributed by atoms with Gasteiger partial charge in [-0.15, -0.1) is 0 Å². The minimum atomic E-state index is -1.25. The number of para-hydroxylation sites is 1. The molecule has 3 aliphatic heterocycles. The van der Waals surface area contributed by atoms with E-state index in [9.17, 15) is 29.1 Å². The fourth-order valence-electron chi connectivity index (χ4n) is 5.31. The Kier molecular flexibility index (Phi) is 6.30. The Balaban J connectivity index is 0.000000209. The van der Waals surface area contributed by atoms with Gasteiger partial charge >= 0.3 is 12.1 Å². The number of carbonyl (C=O) groups excluding carboxylic acids is 4. The van der Waals surface area contributed by atoms with Gasteiger partial charge in [0.15, 0.2) is 11.5 Å². The number of hydrogen-bond acceptors (Lipinski definition) is 11. The summed E-state index contributed by atoms with van der Waals surface area (Å²) >= 11 is 0. The standard InChI is InChI=1S/C15H18N4O5.C9H8O4/c1-5-9(16)12(21)8-6(4-24-14(17)22)15(23-2)13-7(18-13)3-19(15)10(8)11(5)20;1-5(10)6-3-2-4-7(8(6)11)9(12)13/h6-7,13,18H,3-4,16H2,1-2H3,(H2,17,22);2-4,11H,1H3,(H,12,13)/t6-,7+,13+,15-;/m1./s1. The minimum absolute atomic E-state index is 0.0277. The highest BCUT2D eigenvalue weighted by Crippen LogP contribution is 2.55. The van der Waals surface area contributed by atoms with Gasteiger partial charge in [0.1, 0.15) is 17.9 Å². The number of ketones is 3. The maximum absolute atomic E-state index is 12.8. The molecule has 0 aromatic heterocycles. The molecule has 1 aromatic rings.